The van der Waals surface area contributed by atoms with Gasteiger partial charge in [-0.15, -0.1) is 0 Å². The third kappa shape index (κ3) is 2.72. The minimum absolute atomic E-state index is 0.133. The van der Waals surface area contributed by atoms with Crippen LogP contribution in [0.2, 0.25) is 0 Å². The van der Waals surface area contributed by atoms with E-state index in [9.17, 15) is 9.59 Å². The summed E-state index contributed by atoms with van der Waals surface area (Å²) < 4.78 is 7.39. The van der Waals surface area contributed by atoms with Crippen LogP contribution in [0, 0.1) is 28.6 Å². The summed E-state index contributed by atoms with van der Waals surface area (Å²) in [6.07, 6.45) is 10.8. The number of carbonyl (C=O) groups excluding carboxylic acids is 2. The molecule has 0 aromatic rings. The van der Waals surface area contributed by atoms with Crippen molar-refractivity contribution in [2.45, 2.75) is 90.4 Å². The zero-order valence-electron chi connectivity index (χ0n) is 18.9. The summed E-state index contributed by atoms with van der Waals surface area (Å²) in [5.74, 6) is 2.62. The number of fused-ring (bicyclic) bond motifs is 6. The third-order valence-corrected chi connectivity index (χ3v) is 10.8. The highest BCUT2D eigenvalue weighted by atomic mass is 127. The van der Waals surface area contributed by atoms with Crippen LogP contribution >= 0.6 is 22.6 Å². The van der Waals surface area contributed by atoms with Gasteiger partial charge in [0.2, 0.25) is 5.91 Å². The second-order valence-corrected chi connectivity index (χ2v) is 12.4. The van der Waals surface area contributed by atoms with Gasteiger partial charge in [0.05, 0.1) is 16.6 Å². The molecule has 0 radical (unpaired) electrons. The molecule has 0 bridgehead atoms. The van der Waals surface area contributed by atoms with E-state index in [0.29, 0.717) is 22.0 Å². The molecule has 5 heteroatoms. The molecule has 1 saturated heterocycles. The molecule has 166 valence electrons. The van der Waals surface area contributed by atoms with Gasteiger partial charge in [-0.05, 0) is 88.0 Å². The number of nitrogens with zero attached hydrogens (tertiary/aromatic N) is 1. The molecule has 1 aliphatic heterocycles. The molecule has 0 aromatic carbocycles. The van der Waals surface area contributed by atoms with E-state index in [4.69, 9.17) is 4.74 Å². The molecule has 0 aromatic heterocycles. The zero-order chi connectivity index (χ0) is 21.5. The maximum Gasteiger partial charge on any atom is 0.234 e. The van der Waals surface area contributed by atoms with Crippen LogP contribution in [0.1, 0.15) is 79.1 Å². The maximum atomic E-state index is 12.7. The zero-order valence-corrected chi connectivity index (χ0v) is 21.1. The quantitative estimate of drug-likeness (QED) is 0.346. The van der Waals surface area contributed by atoms with Crippen LogP contribution in [0.5, 0.6) is 0 Å². The average molecular weight is 525 g/mol. The summed E-state index contributed by atoms with van der Waals surface area (Å²) in [7, 11) is 0. The normalized spacial score (nSPS) is 47.0. The highest BCUT2D eigenvalue weighted by Crippen LogP contribution is 2.69. The molecular weight excluding hydrogens is 489 g/mol. The Labute approximate surface area is 194 Å². The van der Waals surface area contributed by atoms with Crippen molar-refractivity contribution in [3.63, 3.8) is 0 Å². The maximum absolute atomic E-state index is 12.7. The lowest BCUT2D eigenvalue weighted by atomic mass is 9.46. The Bertz CT molecular complexity index is 821. The largest absolute Gasteiger partial charge is 0.347 e. The molecule has 30 heavy (non-hydrogen) atoms. The molecule has 4 nitrogen and oxygen atoms in total. The van der Waals surface area contributed by atoms with Crippen molar-refractivity contribution in [1.29, 1.82) is 0 Å². The molecule has 1 amide bonds. The van der Waals surface area contributed by atoms with Crippen LogP contribution < -0.4 is 0 Å². The van der Waals surface area contributed by atoms with Crippen molar-refractivity contribution in [3.05, 3.63) is 11.6 Å². The van der Waals surface area contributed by atoms with Crippen LogP contribution in [0.15, 0.2) is 11.6 Å². The number of halogens is 1. The van der Waals surface area contributed by atoms with Crippen LogP contribution in [-0.4, -0.2) is 38.9 Å². The average Bonchev–Trinajstić information content (AvgIpc) is 3.14. The number of amides is 1. The van der Waals surface area contributed by atoms with E-state index in [1.165, 1.54) is 31.3 Å². The Kier molecular flexibility index (Phi) is 4.84. The van der Waals surface area contributed by atoms with Gasteiger partial charge in [0.25, 0.3) is 0 Å². The monoisotopic (exact) mass is 525 g/mol. The van der Waals surface area contributed by atoms with Crippen molar-refractivity contribution in [1.82, 2.24) is 4.90 Å². The number of carbonyl (C=O) groups is 2. The van der Waals surface area contributed by atoms with E-state index in [1.807, 2.05) is 11.0 Å². The van der Waals surface area contributed by atoms with Crippen LogP contribution in [0.3, 0.4) is 0 Å². The first-order valence-corrected chi connectivity index (χ1v) is 13.4. The fourth-order valence-electron chi connectivity index (χ4n) is 8.55. The Morgan fingerprint density at radius 1 is 1.10 bits per heavy atom. The summed E-state index contributed by atoms with van der Waals surface area (Å²) in [6.45, 7) is 9.83. The minimum Gasteiger partial charge on any atom is -0.347 e. The topological polar surface area (TPSA) is 46.6 Å². The molecule has 4 aliphatic carbocycles. The first kappa shape index (κ1) is 21.4. The van der Waals surface area contributed by atoms with Gasteiger partial charge in [-0.1, -0.05) is 42.0 Å². The molecule has 6 atom stereocenters. The summed E-state index contributed by atoms with van der Waals surface area (Å²) in [4.78, 5) is 26.8. The number of alkyl halides is 1. The highest BCUT2D eigenvalue weighted by molar-refractivity contribution is 14.1. The Morgan fingerprint density at radius 3 is 2.57 bits per heavy atom. The van der Waals surface area contributed by atoms with Crippen LogP contribution in [0.4, 0.5) is 0 Å². The van der Waals surface area contributed by atoms with Crippen LogP contribution in [-0.2, 0) is 14.3 Å². The van der Waals surface area contributed by atoms with Gasteiger partial charge in [-0.3, -0.25) is 9.59 Å². The molecule has 3 saturated carbocycles. The highest BCUT2D eigenvalue weighted by Gasteiger charge is 2.69. The molecule has 1 spiro atoms. The lowest BCUT2D eigenvalue weighted by Gasteiger charge is -2.59. The molecular formula is C25H36INO3. The first-order chi connectivity index (χ1) is 14.1. The number of ether oxygens (including phenoxy) is 1. The standard InChI is InChI=1S/C25H36INO3/c1-22(2)27(21(29)14-26)15-25(30-22)12-9-20-18-6-5-16-13-17(28)7-10-23(16,3)19(18)8-11-24(20,25)4/h13,18-20H,5-12,14-15H2,1-4H3. The van der Waals surface area contributed by atoms with Gasteiger partial charge >= 0.3 is 0 Å². The Morgan fingerprint density at radius 2 is 1.83 bits per heavy atom. The van der Waals surface area contributed by atoms with E-state index in [0.717, 1.165) is 38.1 Å². The smallest absolute Gasteiger partial charge is 0.234 e. The SMILES string of the molecule is CC12CCC(=O)C=C1CCC1C2CCC2(C)C1CCC21CN(C(=O)CI)C(C)(C)O1. The lowest BCUT2D eigenvalue weighted by Crippen LogP contribution is -2.56. The van der Waals surface area contributed by atoms with Gasteiger partial charge in [0.1, 0.15) is 5.72 Å². The van der Waals surface area contributed by atoms with E-state index in [-0.39, 0.29) is 22.3 Å². The van der Waals surface area contributed by atoms with E-state index >= 15 is 0 Å². The van der Waals surface area contributed by atoms with Gasteiger partial charge in [0.15, 0.2) is 5.78 Å². The summed E-state index contributed by atoms with van der Waals surface area (Å²) in [6, 6.07) is 0. The van der Waals surface area contributed by atoms with E-state index in [2.05, 4.69) is 50.3 Å². The van der Waals surface area contributed by atoms with Gasteiger partial charge in [0, 0.05) is 11.8 Å². The summed E-state index contributed by atoms with van der Waals surface area (Å²) >= 11 is 2.18. The second-order valence-electron chi connectivity index (χ2n) is 11.6. The third-order valence-electron chi connectivity index (χ3n) is 10.2. The minimum atomic E-state index is -0.519. The first-order valence-electron chi connectivity index (χ1n) is 11.9. The fraction of sp³-hybridized carbons (Fsp3) is 0.840. The fourth-order valence-corrected chi connectivity index (χ4v) is 8.96. The second kappa shape index (κ2) is 6.79. The number of allylic oxidation sites excluding steroid dienone is 1. The Balaban J connectivity index is 1.46. The summed E-state index contributed by atoms with van der Waals surface area (Å²) in [5, 5.41) is 0. The molecule has 0 N–H and O–H groups in total. The number of hydrogen-bond acceptors (Lipinski definition) is 3. The van der Waals surface area contributed by atoms with Crippen molar-refractivity contribution in [2.24, 2.45) is 28.6 Å². The number of ketones is 1. The summed E-state index contributed by atoms with van der Waals surface area (Å²) in [5.41, 5.74) is 1.07. The van der Waals surface area contributed by atoms with Crippen molar-refractivity contribution in [3.8, 4) is 0 Å². The van der Waals surface area contributed by atoms with Gasteiger partial charge in [-0.2, -0.15) is 0 Å². The van der Waals surface area contributed by atoms with Crippen molar-refractivity contribution < 1.29 is 14.3 Å². The molecule has 5 rings (SSSR count). The Hall–Kier alpha value is -0.430. The molecule has 6 unspecified atom stereocenters. The predicted molar refractivity (Wildman–Crippen MR) is 125 cm³/mol. The van der Waals surface area contributed by atoms with E-state index < -0.39 is 5.72 Å². The van der Waals surface area contributed by atoms with Crippen molar-refractivity contribution in [2.75, 3.05) is 11.0 Å². The number of hydrogen-bond donors (Lipinski definition) is 0. The number of rotatable bonds is 1. The lowest BCUT2D eigenvalue weighted by molar-refractivity contribution is -0.181. The predicted octanol–water partition coefficient (Wildman–Crippen LogP) is 5.29. The van der Waals surface area contributed by atoms with E-state index in [1.54, 1.807) is 0 Å². The molecule has 1 heterocycles. The molecule has 5 aliphatic rings. The van der Waals surface area contributed by atoms with Gasteiger partial charge < -0.3 is 9.64 Å². The van der Waals surface area contributed by atoms with Crippen LogP contribution in [0.25, 0.3) is 0 Å². The van der Waals surface area contributed by atoms with Gasteiger partial charge in [-0.25, -0.2) is 0 Å². The molecule has 4 fully saturated rings. The van der Waals surface area contributed by atoms with Crippen molar-refractivity contribution >= 4 is 34.3 Å².